The number of unbranched alkanes of at least 4 members (excludes halogenated alkanes) is 1. The summed E-state index contributed by atoms with van der Waals surface area (Å²) in [6.45, 7) is 7.76. The average Bonchev–Trinajstić information content (AvgIpc) is 2.45. The highest BCUT2D eigenvalue weighted by molar-refractivity contribution is 14.0. The molecule has 0 amide bonds. The summed E-state index contributed by atoms with van der Waals surface area (Å²) in [5, 5.41) is 3.41. The summed E-state index contributed by atoms with van der Waals surface area (Å²) < 4.78 is 0. The SMILES string of the molecule is C=CCCCN(C)C(=NC)NCCc1ccc(C)cc1.I. The molecule has 1 aromatic carbocycles. The van der Waals surface area contributed by atoms with Crippen molar-refractivity contribution in [3.8, 4) is 0 Å². The summed E-state index contributed by atoms with van der Waals surface area (Å²) in [4.78, 5) is 6.48. The summed E-state index contributed by atoms with van der Waals surface area (Å²) in [5.74, 6) is 0.959. The fourth-order valence-corrected chi connectivity index (χ4v) is 2.04. The van der Waals surface area contributed by atoms with Crippen molar-refractivity contribution in [1.82, 2.24) is 10.2 Å². The van der Waals surface area contributed by atoms with Gasteiger partial charge in [-0.2, -0.15) is 0 Å². The molecule has 0 saturated carbocycles. The van der Waals surface area contributed by atoms with Crippen LogP contribution in [0.1, 0.15) is 24.0 Å². The molecule has 0 spiro atoms. The molecule has 4 heteroatoms. The van der Waals surface area contributed by atoms with Crippen molar-refractivity contribution >= 4 is 29.9 Å². The van der Waals surface area contributed by atoms with Crippen LogP contribution in [0.15, 0.2) is 41.9 Å². The van der Waals surface area contributed by atoms with Gasteiger partial charge in [0, 0.05) is 27.2 Å². The minimum atomic E-state index is 0. The van der Waals surface area contributed by atoms with Gasteiger partial charge in [-0.15, -0.1) is 30.6 Å². The maximum absolute atomic E-state index is 4.32. The molecule has 3 nitrogen and oxygen atoms in total. The lowest BCUT2D eigenvalue weighted by atomic mass is 10.1. The molecule has 0 bridgehead atoms. The molecule has 0 heterocycles. The van der Waals surface area contributed by atoms with Crippen LogP contribution in [0.25, 0.3) is 0 Å². The summed E-state index contributed by atoms with van der Waals surface area (Å²) in [6, 6.07) is 8.69. The average molecular weight is 401 g/mol. The van der Waals surface area contributed by atoms with Crippen LogP contribution in [-0.4, -0.2) is 38.0 Å². The first-order valence-electron chi connectivity index (χ1n) is 7.25. The number of guanidine groups is 1. The van der Waals surface area contributed by atoms with Crippen LogP contribution in [0.3, 0.4) is 0 Å². The Hall–Kier alpha value is -1.04. The molecule has 0 saturated heterocycles. The lowest BCUT2D eigenvalue weighted by Gasteiger charge is -2.21. The van der Waals surface area contributed by atoms with E-state index in [2.05, 4.69) is 60.0 Å². The number of hydrogen-bond acceptors (Lipinski definition) is 1. The number of benzene rings is 1. The summed E-state index contributed by atoms with van der Waals surface area (Å²) in [7, 11) is 3.91. The number of allylic oxidation sites excluding steroid dienone is 1. The van der Waals surface area contributed by atoms with Crippen molar-refractivity contribution in [2.24, 2.45) is 4.99 Å². The van der Waals surface area contributed by atoms with E-state index in [-0.39, 0.29) is 24.0 Å². The first-order chi connectivity index (χ1) is 9.67. The second-order valence-electron chi connectivity index (χ2n) is 5.06. The fourth-order valence-electron chi connectivity index (χ4n) is 2.04. The maximum atomic E-state index is 4.32. The minimum Gasteiger partial charge on any atom is -0.356 e. The second kappa shape index (κ2) is 11.6. The molecule has 0 atom stereocenters. The third kappa shape index (κ3) is 8.09. The lowest BCUT2D eigenvalue weighted by molar-refractivity contribution is 0.470. The number of hydrogen-bond donors (Lipinski definition) is 1. The van der Waals surface area contributed by atoms with E-state index in [1.807, 2.05) is 13.1 Å². The Kier molecular flexibility index (Phi) is 11.0. The van der Waals surface area contributed by atoms with Crippen LogP contribution in [0.5, 0.6) is 0 Å². The Morgan fingerprint density at radius 2 is 2.00 bits per heavy atom. The second-order valence-corrected chi connectivity index (χ2v) is 5.06. The first kappa shape index (κ1) is 20.0. The van der Waals surface area contributed by atoms with E-state index < -0.39 is 0 Å². The summed E-state index contributed by atoms with van der Waals surface area (Å²) in [6.07, 6.45) is 5.13. The van der Waals surface area contributed by atoms with Crippen LogP contribution < -0.4 is 5.32 Å². The third-order valence-electron chi connectivity index (χ3n) is 3.29. The Labute approximate surface area is 146 Å². The molecule has 1 N–H and O–H groups in total. The Balaban J connectivity index is 0.00000400. The molecule has 118 valence electrons. The number of aliphatic imine (C=N–C) groups is 1. The number of nitrogens with one attached hydrogen (secondary N) is 1. The minimum absolute atomic E-state index is 0. The Morgan fingerprint density at radius 1 is 1.33 bits per heavy atom. The number of aryl methyl sites for hydroxylation is 1. The fraction of sp³-hybridized carbons (Fsp3) is 0.471. The van der Waals surface area contributed by atoms with Crippen molar-refractivity contribution in [2.75, 3.05) is 27.2 Å². The highest BCUT2D eigenvalue weighted by Gasteiger charge is 2.04. The van der Waals surface area contributed by atoms with E-state index in [1.54, 1.807) is 0 Å². The molecule has 21 heavy (non-hydrogen) atoms. The van der Waals surface area contributed by atoms with Crippen molar-refractivity contribution in [3.63, 3.8) is 0 Å². The topological polar surface area (TPSA) is 27.6 Å². The summed E-state index contributed by atoms with van der Waals surface area (Å²) >= 11 is 0. The molecule has 0 aliphatic carbocycles. The van der Waals surface area contributed by atoms with Gasteiger partial charge in [-0.3, -0.25) is 4.99 Å². The zero-order chi connectivity index (χ0) is 14.8. The van der Waals surface area contributed by atoms with E-state index in [4.69, 9.17) is 0 Å². The van der Waals surface area contributed by atoms with Gasteiger partial charge >= 0.3 is 0 Å². The van der Waals surface area contributed by atoms with Crippen molar-refractivity contribution < 1.29 is 0 Å². The maximum Gasteiger partial charge on any atom is 0.193 e. The number of halogens is 1. The third-order valence-corrected chi connectivity index (χ3v) is 3.29. The van der Waals surface area contributed by atoms with Gasteiger partial charge in [-0.1, -0.05) is 35.9 Å². The number of nitrogens with zero attached hydrogens (tertiary/aromatic N) is 2. The van der Waals surface area contributed by atoms with E-state index in [1.165, 1.54) is 11.1 Å². The molecular formula is C17H28IN3. The van der Waals surface area contributed by atoms with Gasteiger partial charge in [0.15, 0.2) is 5.96 Å². The Bertz CT molecular complexity index is 426. The van der Waals surface area contributed by atoms with Gasteiger partial charge in [-0.05, 0) is 31.7 Å². The van der Waals surface area contributed by atoms with Gasteiger partial charge in [0.05, 0.1) is 0 Å². The van der Waals surface area contributed by atoms with Crippen LogP contribution in [0, 0.1) is 6.92 Å². The van der Waals surface area contributed by atoms with Crippen LogP contribution in [-0.2, 0) is 6.42 Å². The Morgan fingerprint density at radius 3 is 2.57 bits per heavy atom. The van der Waals surface area contributed by atoms with Gasteiger partial charge < -0.3 is 10.2 Å². The zero-order valence-electron chi connectivity index (χ0n) is 13.4. The normalized spacial score (nSPS) is 10.7. The predicted molar refractivity (Wildman–Crippen MR) is 104 cm³/mol. The van der Waals surface area contributed by atoms with Gasteiger partial charge in [-0.25, -0.2) is 0 Å². The molecule has 0 aliphatic heterocycles. The van der Waals surface area contributed by atoms with Crippen molar-refractivity contribution in [3.05, 3.63) is 48.0 Å². The molecule has 1 aromatic rings. The summed E-state index contributed by atoms with van der Waals surface area (Å²) in [5.41, 5.74) is 2.66. The molecular weight excluding hydrogens is 373 g/mol. The molecule has 0 radical (unpaired) electrons. The largest absolute Gasteiger partial charge is 0.356 e. The predicted octanol–water partition coefficient (Wildman–Crippen LogP) is 3.63. The van der Waals surface area contributed by atoms with E-state index >= 15 is 0 Å². The standard InChI is InChI=1S/C17H27N3.HI/c1-5-6-7-14-20(4)17(18-3)19-13-12-16-10-8-15(2)9-11-16;/h5,8-11H,1,6-7,12-14H2,2-4H3,(H,18,19);1H. The van der Waals surface area contributed by atoms with E-state index in [9.17, 15) is 0 Å². The molecule has 0 aromatic heterocycles. The highest BCUT2D eigenvalue weighted by atomic mass is 127. The van der Waals surface area contributed by atoms with E-state index in [0.717, 1.165) is 38.3 Å². The highest BCUT2D eigenvalue weighted by Crippen LogP contribution is 2.03. The van der Waals surface area contributed by atoms with Gasteiger partial charge in [0.1, 0.15) is 0 Å². The van der Waals surface area contributed by atoms with Gasteiger partial charge in [0.25, 0.3) is 0 Å². The van der Waals surface area contributed by atoms with Crippen LogP contribution in [0.2, 0.25) is 0 Å². The smallest absolute Gasteiger partial charge is 0.193 e. The van der Waals surface area contributed by atoms with Gasteiger partial charge in [0.2, 0.25) is 0 Å². The molecule has 0 unspecified atom stereocenters. The van der Waals surface area contributed by atoms with Crippen molar-refractivity contribution in [1.29, 1.82) is 0 Å². The van der Waals surface area contributed by atoms with Crippen LogP contribution >= 0.6 is 24.0 Å². The van der Waals surface area contributed by atoms with Crippen LogP contribution in [0.4, 0.5) is 0 Å². The first-order valence-corrected chi connectivity index (χ1v) is 7.25. The molecule has 0 aliphatic rings. The zero-order valence-corrected chi connectivity index (χ0v) is 15.8. The monoisotopic (exact) mass is 401 g/mol. The van der Waals surface area contributed by atoms with E-state index in [0.29, 0.717) is 0 Å². The molecule has 0 fully saturated rings. The molecule has 1 rings (SSSR count). The quantitative estimate of drug-likeness (QED) is 0.249. The lowest BCUT2D eigenvalue weighted by Crippen LogP contribution is -2.40. The number of rotatable bonds is 7. The van der Waals surface area contributed by atoms with Crippen molar-refractivity contribution in [2.45, 2.75) is 26.2 Å².